The average Bonchev–Trinajstić information content (AvgIpc) is 2.71. The Labute approximate surface area is 176 Å². The van der Waals surface area contributed by atoms with Crippen molar-refractivity contribution in [2.45, 2.75) is 58.6 Å². The summed E-state index contributed by atoms with van der Waals surface area (Å²) in [6, 6.07) is 4.20. The highest BCUT2D eigenvalue weighted by Gasteiger charge is 2.24. The SMILES string of the molecule is CCCC(O)(CCC)CNC(=NCc1ccc(N2CCN(C)CC2)nc1)NCC. The minimum atomic E-state index is -0.675. The first kappa shape index (κ1) is 23.4. The van der Waals surface area contributed by atoms with Gasteiger partial charge < -0.3 is 25.5 Å². The van der Waals surface area contributed by atoms with Crippen LogP contribution in [0.3, 0.4) is 0 Å². The number of pyridine rings is 1. The molecule has 0 bridgehead atoms. The Bertz CT molecular complexity index is 604. The number of nitrogens with one attached hydrogen (secondary N) is 2. The number of aromatic nitrogens is 1. The molecular formula is C22H40N6O. The minimum Gasteiger partial charge on any atom is -0.388 e. The monoisotopic (exact) mass is 404 g/mol. The van der Waals surface area contributed by atoms with Gasteiger partial charge in [0.1, 0.15) is 5.82 Å². The van der Waals surface area contributed by atoms with E-state index in [1.807, 2.05) is 13.1 Å². The summed E-state index contributed by atoms with van der Waals surface area (Å²) >= 11 is 0. The van der Waals surface area contributed by atoms with Gasteiger partial charge in [0, 0.05) is 45.5 Å². The summed E-state index contributed by atoms with van der Waals surface area (Å²) < 4.78 is 0. The van der Waals surface area contributed by atoms with Crippen LogP contribution in [0.4, 0.5) is 5.82 Å². The zero-order valence-electron chi connectivity index (χ0n) is 18.7. The number of guanidine groups is 1. The summed E-state index contributed by atoms with van der Waals surface area (Å²) in [5, 5.41) is 17.4. The van der Waals surface area contributed by atoms with Crippen molar-refractivity contribution in [2.24, 2.45) is 4.99 Å². The van der Waals surface area contributed by atoms with Crippen LogP contribution in [-0.4, -0.2) is 72.9 Å². The Hall–Kier alpha value is -1.86. The van der Waals surface area contributed by atoms with Crippen molar-refractivity contribution in [3.63, 3.8) is 0 Å². The number of hydrogen-bond donors (Lipinski definition) is 3. The Morgan fingerprint density at radius 2 is 1.79 bits per heavy atom. The fraction of sp³-hybridized carbons (Fsp3) is 0.727. The van der Waals surface area contributed by atoms with E-state index in [0.29, 0.717) is 13.1 Å². The van der Waals surface area contributed by atoms with Crippen LogP contribution >= 0.6 is 0 Å². The van der Waals surface area contributed by atoms with Crippen molar-refractivity contribution in [2.75, 3.05) is 51.2 Å². The summed E-state index contributed by atoms with van der Waals surface area (Å²) in [6.45, 7) is 12.3. The summed E-state index contributed by atoms with van der Waals surface area (Å²) in [7, 11) is 2.16. The molecule has 0 aliphatic carbocycles. The van der Waals surface area contributed by atoms with Crippen LogP contribution in [0.5, 0.6) is 0 Å². The molecule has 0 spiro atoms. The van der Waals surface area contributed by atoms with E-state index in [-0.39, 0.29) is 0 Å². The van der Waals surface area contributed by atoms with E-state index in [4.69, 9.17) is 0 Å². The van der Waals surface area contributed by atoms with Gasteiger partial charge in [-0.15, -0.1) is 0 Å². The molecule has 0 amide bonds. The maximum absolute atomic E-state index is 10.8. The summed E-state index contributed by atoms with van der Waals surface area (Å²) in [5.74, 6) is 1.78. The van der Waals surface area contributed by atoms with Gasteiger partial charge in [-0.05, 0) is 38.4 Å². The second kappa shape index (κ2) is 12.0. The lowest BCUT2D eigenvalue weighted by Gasteiger charge is -2.33. The normalized spacial score (nSPS) is 16.2. The smallest absolute Gasteiger partial charge is 0.191 e. The van der Waals surface area contributed by atoms with Crippen molar-refractivity contribution in [3.8, 4) is 0 Å². The first-order valence-electron chi connectivity index (χ1n) is 11.1. The molecule has 7 nitrogen and oxygen atoms in total. The first-order chi connectivity index (χ1) is 14.0. The van der Waals surface area contributed by atoms with E-state index in [2.05, 4.69) is 63.4 Å². The van der Waals surface area contributed by atoms with Gasteiger partial charge in [-0.25, -0.2) is 9.98 Å². The van der Waals surface area contributed by atoms with Crippen LogP contribution < -0.4 is 15.5 Å². The maximum Gasteiger partial charge on any atom is 0.191 e. The van der Waals surface area contributed by atoms with Crippen molar-refractivity contribution in [3.05, 3.63) is 23.9 Å². The molecule has 2 heterocycles. The molecule has 0 atom stereocenters. The quantitative estimate of drug-likeness (QED) is 0.410. The van der Waals surface area contributed by atoms with Crippen molar-refractivity contribution >= 4 is 11.8 Å². The fourth-order valence-electron chi connectivity index (χ4n) is 3.73. The summed E-state index contributed by atoms with van der Waals surface area (Å²) in [4.78, 5) is 14.0. The van der Waals surface area contributed by atoms with Crippen molar-refractivity contribution < 1.29 is 5.11 Å². The number of piperazine rings is 1. The third kappa shape index (κ3) is 7.82. The van der Waals surface area contributed by atoms with Crippen LogP contribution in [-0.2, 0) is 6.54 Å². The molecule has 0 aromatic carbocycles. The molecule has 164 valence electrons. The molecule has 1 aliphatic rings. The van der Waals surface area contributed by atoms with Crippen molar-refractivity contribution in [1.82, 2.24) is 20.5 Å². The number of aliphatic hydroxyl groups is 1. The first-order valence-corrected chi connectivity index (χ1v) is 11.1. The van der Waals surface area contributed by atoms with Gasteiger partial charge in [-0.1, -0.05) is 32.8 Å². The van der Waals surface area contributed by atoms with Crippen LogP contribution in [0, 0.1) is 0 Å². The molecule has 1 fully saturated rings. The maximum atomic E-state index is 10.8. The predicted molar refractivity (Wildman–Crippen MR) is 122 cm³/mol. The lowest BCUT2D eigenvalue weighted by molar-refractivity contribution is 0.0257. The number of nitrogens with zero attached hydrogens (tertiary/aromatic N) is 4. The fourth-order valence-corrected chi connectivity index (χ4v) is 3.73. The van der Waals surface area contributed by atoms with Crippen LogP contribution in [0.25, 0.3) is 0 Å². The topological polar surface area (TPSA) is 76.0 Å². The van der Waals surface area contributed by atoms with Gasteiger partial charge in [-0.3, -0.25) is 0 Å². The number of aliphatic imine (C=N–C) groups is 1. The third-order valence-electron chi connectivity index (χ3n) is 5.42. The predicted octanol–water partition coefficient (Wildman–Crippen LogP) is 2.22. The molecule has 0 radical (unpaired) electrons. The Kier molecular flexibility index (Phi) is 9.67. The van der Waals surface area contributed by atoms with Crippen molar-refractivity contribution in [1.29, 1.82) is 0 Å². The van der Waals surface area contributed by atoms with E-state index >= 15 is 0 Å². The van der Waals surface area contributed by atoms with Gasteiger partial charge in [0.2, 0.25) is 0 Å². The molecule has 1 aromatic rings. The molecule has 29 heavy (non-hydrogen) atoms. The second-order valence-electron chi connectivity index (χ2n) is 8.09. The van der Waals surface area contributed by atoms with Gasteiger partial charge in [0.25, 0.3) is 0 Å². The zero-order valence-corrected chi connectivity index (χ0v) is 18.7. The zero-order chi connectivity index (χ0) is 21.1. The van der Waals surface area contributed by atoms with Gasteiger partial charge in [0.15, 0.2) is 5.96 Å². The van der Waals surface area contributed by atoms with Gasteiger partial charge in [-0.2, -0.15) is 0 Å². The number of anilines is 1. The molecule has 0 unspecified atom stereocenters. The molecular weight excluding hydrogens is 364 g/mol. The van der Waals surface area contributed by atoms with E-state index < -0.39 is 5.60 Å². The van der Waals surface area contributed by atoms with Gasteiger partial charge in [0.05, 0.1) is 12.1 Å². The highest BCUT2D eigenvalue weighted by Crippen LogP contribution is 2.18. The molecule has 1 aliphatic heterocycles. The second-order valence-corrected chi connectivity index (χ2v) is 8.09. The molecule has 7 heteroatoms. The lowest BCUT2D eigenvalue weighted by atomic mass is 9.93. The Morgan fingerprint density at radius 1 is 1.10 bits per heavy atom. The number of likely N-dealkylation sites (N-methyl/N-ethyl adjacent to an activating group) is 1. The van der Waals surface area contributed by atoms with Gasteiger partial charge >= 0.3 is 0 Å². The third-order valence-corrected chi connectivity index (χ3v) is 5.42. The highest BCUT2D eigenvalue weighted by atomic mass is 16.3. The standard InChI is InChI=1S/C22H40N6O/c1-5-10-22(29,11-6-2)18-26-21(23-7-3)25-17-19-8-9-20(24-16-19)28-14-12-27(4)13-15-28/h8-9,16,29H,5-7,10-15,17-18H2,1-4H3,(H2,23,25,26). The molecule has 2 rings (SSSR count). The molecule has 3 N–H and O–H groups in total. The molecule has 1 saturated heterocycles. The van der Waals surface area contributed by atoms with Crippen LogP contribution in [0.15, 0.2) is 23.3 Å². The van der Waals surface area contributed by atoms with Crippen LogP contribution in [0.1, 0.15) is 52.0 Å². The average molecular weight is 405 g/mol. The Balaban J connectivity index is 1.93. The van der Waals surface area contributed by atoms with Crippen LogP contribution in [0.2, 0.25) is 0 Å². The summed E-state index contributed by atoms with van der Waals surface area (Å²) in [5.41, 5.74) is 0.406. The van der Waals surface area contributed by atoms with E-state index in [9.17, 15) is 5.11 Å². The summed E-state index contributed by atoms with van der Waals surface area (Å²) in [6.07, 6.45) is 5.45. The largest absolute Gasteiger partial charge is 0.388 e. The Morgan fingerprint density at radius 3 is 2.34 bits per heavy atom. The van der Waals surface area contributed by atoms with E-state index in [0.717, 1.165) is 75.7 Å². The highest BCUT2D eigenvalue weighted by molar-refractivity contribution is 5.79. The molecule has 0 saturated carbocycles. The van der Waals surface area contributed by atoms with E-state index in [1.54, 1.807) is 0 Å². The number of hydrogen-bond acceptors (Lipinski definition) is 5. The van der Waals surface area contributed by atoms with E-state index in [1.165, 1.54) is 0 Å². The molecule has 1 aromatic heterocycles. The lowest BCUT2D eigenvalue weighted by Crippen LogP contribution is -2.47. The number of rotatable bonds is 10. The minimum absolute atomic E-state index is 0.515.